The maximum absolute atomic E-state index is 12.4. The lowest BCUT2D eigenvalue weighted by Gasteiger charge is -2.08. The molecule has 0 aliphatic carbocycles. The third kappa shape index (κ3) is 4.92. The lowest BCUT2D eigenvalue weighted by atomic mass is 10.2. The first-order valence-corrected chi connectivity index (χ1v) is 10.8. The summed E-state index contributed by atoms with van der Waals surface area (Å²) in [5, 5.41) is 11.1. The van der Waals surface area contributed by atoms with Crippen LogP contribution >= 0.6 is 23.4 Å². The Kier molecular flexibility index (Phi) is 6.07. The Hall–Kier alpha value is -2.36. The fourth-order valence-electron chi connectivity index (χ4n) is 2.17. The van der Waals surface area contributed by atoms with E-state index >= 15 is 0 Å². The molecule has 1 N–H and O–H groups in total. The second kappa shape index (κ2) is 8.34. The Balaban J connectivity index is 1.67. The molecule has 2 aromatic carbocycles. The van der Waals surface area contributed by atoms with Gasteiger partial charge in [-0.1, -0.05) is 29.4 Å². The molecule has 0 spiro atoms. The molecule has 3 rings (SSSR count). The topological polar surface area (TPSA) is 97.2 Å². The van der Waals surface area contributed by atoms with Gasteiger partial charge in [0.25, 0.3) is 0 Å². The Bertz CT molecular complexity index is 1070. The number of carbonyl (C=O) groups is 1. The van der Waals surface area contributed by atoms with E-state index in [1.54, 1.807) is 32.0 Å². The first kappa shape index (κ1) is 20.4. The van der Waals surface area contributed by atoms with Gasteiger partial charge < -0.3 is 9.50 Å². The van der Waals surface area contributed by atoms with Gasteiger partial charge in [-0.25, -0.2) is 0 Å². The molecule has 1 amide bonds. The fraction of sp³-hybridized carbons (Fsp3) is 0.167. The standard InChI is InChI=1S/C18H16ClN3O4S2/c1-11-3-8-15(9-16(11)19)28(24,25)26-14-6-4-13(5-7-14)10-20-22-18-21-17(23)12(2)27-18/h3-10,12H,1-2H3,(H,21,22,23). The van der Waals surface area contributed by atoms with Crippen LogP contribution in [0.25, 0.3) is 0 Å². The van der Waals surface area contributed by atoms with Gasteiger partial charge in [-0.15, -0.1) is 5.10 Å². The van der Waals surface area contributed by atoms with Crippen LogP contribution in [0.15, 0.2) is 57.6 Å². The number of nitrogens with one attached hydrogen (secondary N) is 1. The summed E-state index contributed by atoms with van der Waals surface area (Å²) in [4.78, 5) is 11.4. The predicted octanol–water partition coefficient (Wildman–Crippen LogP) is 3.36. The lowest BCUT2D eigenvalue weighted by Crippen LogP contribution is -2.23. The minimum Gasteiger partial charge on any atom is -0.379 e. The summed E-state index contributed by atoms with van der Waals surface area (Å²) in [6.45, 7) is 3.56. The van der Waals surface area contributed by atoms with Crippen molar-refractivity contribution in [2.75, 3.05) is 0 Å². The Morgan fingerprint density at radius 2 is 1.93 bits per heavy atom. The van der Waals surface area contributed by atoms with Crippen LogP contribution in [0.1, 0.15) is 18.1 Å². The molecule has 7 nitrogen and oxygen atoms in total. The number of benzene rings is 2. The summed E-state index contributed by atoms with van der Waals surface area (Å²) < 4.78 is 29.9. The van der Waals surface area contributed by atoms with Gasteiger partial charge in [-0.05, 0) is 61.4 Å². The van der Waals surface area contributed by atoms with E-state index in [9.17, 15) is 13.2 Å². The third-order valence-electron chi connectivity index (χ3n) is 3.76. The van der Waals surface area contributed by atoms with Crippen LogP contribution in [-0.2, 0) is 14.9 Å². The summed E-state index contributed by atoms with van der Waals surface area (Å²) in [7, 11) is -3.99. The second-order valence-electron chi connectivity index (χ2n) is 5.92. The summed E-state index contributed by atoms with van der Waals surface area (Å²) in [5.41, 5.74) is 1.47. The van der Waals surface area contributed by atoms with E-state index in [2.05, 4.69) is 15.5 Å². The van der Waals surface area contributed by atoms with Crippen LogP contribution in [0, 0.1) is 6.92 Å². The maximum Gasteiger partial charge on any atom is 0.339 e. The molecule has 28 heavy (non-hydrogen) atoms. The summed E-state index contributed by atoms with van der Waals surface area (Å²) >= 11 is 7.28. The number of aryl methyl sites for hydroxylation is 1. The van der Waals surface area contributed by atoms with E-state index in [1.165, 1.54) is 42.2 Å². The Labute approximate surface area is 172 Å². The average molecular weight is 438 g/mol. The van der Waals surface area contributed by atoms with Crippen molar-refractivity contribution in [3.8, 4) is 5.75 Å². The van der Waals surface area contributed by atoms with Crippen LogP contribution in [0.3, 0.4) is 0 Å². The maximum atomic E-state index is 12.4. The van der Waals surface area contributed by atoms with Gasteiger partial charge in [0.15, 0.2) is 5.17 Å². The number of nitrogens with zero attached hydrogens (tertiary/aromatic N) is 2. The van der Waals surface area contributed by atoms with E-state index in [-0.39, 0.29) is 21.8 Å². The highest BCUT2D eigenvalue weighted by Crippen LogP contribution is 2.23. The molecule has 0 aromatic heterocycles. The number of carbonyl (C=O) groups excluding carboxylic acids is 1. The number of halogens is 1. The molecule has 1 saturated heterocycles. The van der Waals surface area contributed by atoms with Crippen LogP contribution in [0.5, 0.6) is 5.75 Å². The molecule has 0 radical (unpaired) electrons. The van der Waals surface area contributed by atoms with E-state index < -0.39 is 10.1 Å². The first-order valence-electron chi connectivity index (χ1n) is 8.14. The van der Waals surface area contributed by atoms with E-state index in [4.69, 9.17) is 15.8 Å². The zero-order valence-electron chi connectivity index (χ0n) is 14.9. The van der Waals surface area contributed by atoms with E-state index in [1.807, 2.05) is 0 Å². The van der Waals surface area contributed by atoms with Gasteiger partial charge in [-0.3, -0.25) is 4.79 Å². The molecule has 1 fully saturated rings. The number of amidine groups is 1. The number of hydrogen-bond donors (Lipinski definition) is 1. The van der Waals surface area contributed by atoms with Crippen LogP contribution in [0.2, 0.25) is 5.02 Å². The highest BCUT2D eigenvalue weighted by Gasteiger charge is 2.25. The quantitative estimate of drug-likeness (QED) is 0.439. The number of rotatable bonds is 5. The molecule has 0 bridgehead atoms. The zero-order valence-corrected chi connectivity index (χ0v) is 17.3. The number of hydrogen-bond acceptors (Lipinski definition) is 7. The normalized spacial score (nSPS) is 18.6. The molecule has 1 unspecified atom stereocenters. The molecular weight excluding hydrogens is 422 g/mol. The van der Waals surface area contributed by atoms with Crippen molar-refractivity contribution in [1.29, 1.82) is 0 Å². The minimum absolute atomic E-state index is 0.0186. The summed E-state index contributed by atoms with van der Waals surface area (Å²) in [5.74, 6) is 0.0594. The van der Waals surface area contributed by atoms with Crippen molar-refractivity contribution >= 4 is 50.8 Å². The average Bonchev–Trinajstić information content (AvgIpc) is 2.96. The highest BCUT2D eigenvalue weighted by molar-refractivity contribution is 8.15. The van der Waals surface area contributed by atoms with Crippen LogP contribution in [-0.4, -0.2) is 31.0 Å². The van der Waals surface area contributed by atoms with Crippen molar-refractivity contribution in [3.63, 3.8) is 0 Å². The van der Waals surface area contributed by atoms with Gasteiger partial charge in [0.1, 0.15) is 10.6 Å². The van der Waals surface area contributed by atoms with Crippen LogP contribution in [0.4, 0.5) is 0 Å². The number of amides is 1. The van der Waals surface area contributed by atoms with Crippen molar-refractivity contribution in [1.82, 2.24) is 5.32 Å². The van der Waals surface area contributed by atoms with Gasteiger partial charge >= 0.3 is 10.1 Å². The zero-order chi connectivity index (χ0) is 20.3. The third-order valence-corrected chi connectivity index (χ3v) is 6.39. The van der Waals surface area contributed by atoms with Crippen LogP contribution < -0.4 is 9.50 Å². The SMILES string of the molecule is Cc1ccc(S(=O)(=O)Oc2ccc(C=N/N=C3/NC(=O)C(C)S3)cc2)cc1Cl. The van der Waals surface area contributed by atoms with Gasteiger partial charge in [0.05, 0.1) is 11.5 Å². The largest absolute Gasteiger partial charge is 0.379 e. The van der Waals surface area contributed by atoms with Crippen molar-refractivity contribution in [3.05, 3.63) is 58.6 Å². The molecule has 1 aliphatic rings. The smallest absolute Gasteiger partial charge is 0.339 e. The van der Waals surface area contributed by atoms with Gasteiger partial charge in [-0.2, -0.15) is 13.5 Å². The molecule has 146 valence electrons. The molecule has 1 aliphatic heterocycles. The minimum atomic E-state index is -3.99. The predicted molar refractivity (Wildman–Crippen MR) is 111 cm³/mol. The molecule has 10 heteroatoms. The van der Waals surface area contributed by atoms with Crippen molar-refractivity contribution < 1.29 is 17.4 Å². The van der Waals surface area contributed by atoms with E-state index in [0.717, 1.165) is 5.56 Å². The molecule has 1 atom stereocenters. The highest BCUT2D eigenvalue weighted by atomic mass is 35.5. The van der Waals surface area contributed by atoms with Gasteiger partial charge in [0.2, 0.25) is 5.91 Å². The molecule has 2 aromatic rings. The second-order valence-corrected chi connectivity index (χ2v) is 9.20. The fourth-order valence-corrected chi connectivity index (χ4v) is 4.12. The summed E-state index contributed by atoms with van der Waals surface area (Å²) in [6, 6.07) is 10.7. The molecule has 1 heterocycles. The monoisotopic (exact) mass is 437 g/mol. The Morgan fingerprint density at radius 3 is 2.54 bits per heavy atom. The number of thioether (sulfide) groups is 1. The van der Waals surface area contributed by atoms with E-state index in [0.29, 0.717) is 15.8 Å². The van der Waals surface area contributed by atoms with Gasteiger partial charge in [0, 0.05) is 5.02 Å². The first-order chi connectivity index (χ1) is 13.2. The molecule has 0 saturated carbocycles. The lowest BCUT2D eigenvalue weighted by molar-refractivity contribution is -0.118. The molecular formula is C18H16ClN3O4S2. The van der Waals surface area contributed by atoms with Crippen molar-refractivity contribution in [2.45, 2.75) is 24.0 Å². The Morgan fingerprint density at radius 1 is 1.21 bits per heavy atom. The van der Waals surface area contributed by atoms with Crippen molar-refractivity contribution in [2.24, 2.45) is 10.2 Å². The summed E-state index contributed by atoms with van der Waals surface area (Å²) in [6.07, 6.45) is 1.49.